The summed E-state index contributed by atoms with van der Waals surface area (Å²) in [6.07, 6.45) is 0.821. The summed E-state index contributed by atoms with van der Waals surface area (Å²) in [6.45, 7) is 6.93. The van der Waals surface area contributed by atoms with E-state index in [4.69, 9.17) is 4.74 Å². The number of amides is 2. The fourth-order valence-corrected chi connectivity index (χ4v) is 4.47. The van der Waals surface area contributed by atoms with E-state index >= 15 is 0 Å². The zero-order valence-corrected chi connectivity index (χ0v) is 21.8. The maximum Gasteiger partial charge on any atom is 0.242 e. The highest BCUT2D eigenvalue weighted by Crippen LogP contribution is 2.23. The first-order valence-electron chi connectivity index (χ1n) is 12.8. The summed E-state index contributed by atoms with van der Waals surface area (Å²) < 4.78 is 5.31. The van der Waals surface area contributed by atoms with Crippen molar-refractivity contribution in [2.45, 2.75) is 26.8 Å². The molecular formula is C29H35N5O3. The Labute approximate surface area is 218 Å². The molecule has 194 valence electrons. The summed E-state index contributed by atoms with van der Waals surface area (Å²) in [6, 6.07) is 21.5. The van der Waals surface area contributed by atoms with Gasteiger partial charge in [-0.2, -0.15) is 0 Å². The highest BCUT2D eigenvalue weighted by atomic mass is 16.5. The largest absolute Gasteiger partial charge is 0.497 e. The van der Waals surface area contributed by atoms with Gasteiger partial charge in [0.2, 0.25) is 11.8 Å². The number of benzene rings is 2. The number of methoxy groups -OCH3 is 1. The number of ether oxygens (including phenoxy) is 1. The van der Waals surface area contributed by atoms with E-state index < -0.39 is 0 Å². The van der Waals surface area contributed by atoms with Crippen LogP contribution in [0.3, 0.4) is 0 Å². The SMILES string of the molecule is COc1cccc(-c2ccc(N3CCCN(C(=O)CN(Cc4ccccc4)C(=O)C(C)C)CC3)nn2)c1. The Balaban J connectivity index is 1.38. The Morgan fingerprint density at radius 3 is 2.46 bits per heavy atom. The Morgan fingerprint density at radius 2 is 1.76 bits per heavy atom. The van der Waals surface area contributed by atoms with Crippen LogP contribution in [0.2, 0.25) is 0 Å². The van der Waals surface area contributed by atoms with E-state index in [2.05, 4.69) is 15.1 Å². The first-order chi connectivity index (χ1) is 17.9. The summed E-state index contributed by atoms with van der Waals surface area (Å²) in [7, 11) is 1.64. The summed E-state index contributed by atoms with van der Waals surface area (Å²) in [5.74, 6) is 1.36. The monoisotopic (exact) mass is 501 g/mol. The van der Waals surface area contributed by atoms with Gasteiger partial charge in [0.1, 0.15) is 12.3 Å². The van der Waals surface area contributed by atoms with E-state index in [1.807, 2.05) is 85.5 Å². The van der Waals surface area contributed by atoms with Crippen LogP contribution < -0.4 is 9.64 Å². The number of aromatic nitrogens is 2. The Morgan fingerprint density at radius 1 is 0.946 bits per heavy atom. The van der Waals surface area contributed by atoms with E-state index in [9.17, 15) is 9.59 Å². The van der Waals surface area contributed by atoms with Gasteiger partial charge in [0, 0.05) is 44.2 Å². The number of carbonyl (C=O) groups excluding carboxylic acids is 2. The molecule has 4 rings (SSSR count). The first-order valence-corrected chi connectivity index (χ1v) is 12.8. The van der Waals surface area contributed by atoms with Gasteiger partial charge in [0.25, 0.3) is 0 Å². The summed E-state index contributed by atoms with van der Waals surface area (Å²) in [5.41, 5.74) is 2.74. The lowest BCUT2D eigenvalue weighted by molar-refractivity contribution is -0.142. The molecule has 0 atom stereocenters. The van der Waals surface area contributed by atoms with Crippen LogP contribution in [-0.4, -0.2) is 71.6 Å². The number of hydrogen-bond acceptors (Lipinski definition) is 6. The van der Waals surface area contributed by atoms with Crippen molar-refractivity contribution in [3.8, 4) is 17.0 Å². The van der Waals surface area contributed by atoms with Crippen molar-refractivity contribution in [3.63, 3.8) is 0 Å². The molecule has 8 nitrogen and oxygen atoms in total. The molecule has 0 bridgehead atoms. The van der Waals surface area contributed by atoms with Crippen molar-refractivity contribution in [1.82, 2.24) is 20.0 Å². The van der Waals surface area contributed by atoms with Crippen LogP contribution in [0.15, 0.2) is 66.7 Å². The molecule has 2 aromatic carbocycles. The molecule has 8 heteroatoms. The van der Waals surface area contributed by atoms with E-state index in [0.29, 0.717) is 26.2 Å². The summed E-state index contributed by atoms with van der Waals surface area (Å²) in [5, 5.41) is 8.89. The van der Waals surface area contributed by atoms with Gasteiger partial charge in [-0.1, -0.05) is 56.3 Å². The molecule has 0 spiro atoms. The number of nitrogens with zero attached hydrogens (tertiary/aromatic N) is 5. The third-order valence-electron chi connectivity index (χ3n) is 6.54. The van der Waals surface area contributed by atoms with Crippen molar-refractivity contribution in [2.24, 2.45) is 5.92 Å². The molecule has 1 fully saturated rings. The standard InChI is InChI=1S/C29H35N5O3/c1-22(2)29(36)34(20-23-9-5-4-6-10-23)21-28(35)33-16-8-15-32(17-18-33)27-14-13-26(30-31-27)24-11-7-12-25(19-24)37-3/h4-7,9-14,19,22H,8,15-18,20-21H2,1-3H3. The summed E-state index contributed by atoms with van der Waals surface area (Å²) in [4.78, 5) is 31.8. The molecule has 0 saturated carbocycles. The number of hydrogen-bond donors (Lipinski definition) is 0. The Bertz CT molecular complexity index is 1180. The van der Waals surface area contributed by atoms with Gasteiger partial charge in [0.15, 0.2) is 5.82 Å². The third-order valence-corrected chi connectivity index (χ3v) is 6.54. The maximum absolute atomic E-state index is 13.3. The van der Waals surface area contributed by atoms with Crippen molar-refractivity contribution in [1.29, 1.82) is 0 Å². The second-order valence-corrected chi connectivity index (χ2v) is 9.56. The van der Waals surface area contributed by atoms with Gasteiger partial charge in [-0.25, -0.2) is 0 Å². The van der Waals surface area contributed by atoms with Gasteiger partial charge in [-0.3, -0.25) is 9.59 Å². The molecule has 1 saturated heterocycles. The molecule has 2 heterocycles. The van der Waals surface area contributed by atoms with Gasteiger partial charge in [-0.05, 0) is 36.2 Å². The molecule has 2 amide bonds. The molecule has 37 heavy (non-hydrogen) atoms. The van der Waals surface area contributed by atoms with Gasteiger partial charge < -0.3 is 19.4 Å². The van der Waals surface area contributed by atoms with Crippen LogP contribution in [0.4, 0.5) is 5.82 Å². The van der Waals surface area contributed by atoms with Crippen LogP contribution in [0, 0.1) is 5.92 Å². The number of anilines is 1. The zero-order chi connectivity index (χ0) is 26.2. The number of rotatable bonds is 8. The second kappa shape index (κ2) is 12.3. The predicted octanol–water partition coefficient (Wildman–Crippen LogP) is 3.88. The Kier molecular flexibility index (Phi) is 8.72. The Hall–Kier alpha value is -3.94. The first kappa shape index (κ1) is 26.1. The van der Waals surface area contributed by atoms with E-state index in [-0.39, 0.29) is 24.3 Å². The lowest BCUT2D eigenvalue weighted by Gasteiger charge is -2.28. The van der Waals surface area contributed by atoms with Crippen LogP contribution in [0.5, 0.6) is 5.75 Å². The summed E-state index contributed by atoms with van der Waals surface area (Å²) >= 11 is 0. The predicted molar refractivity (Wildman–Crippen MR) is 144 cm³/mol. The van der Waals surface area contributed by atoms with Crippen molar-refractivity contribution < 1.29 is 14.3 Å². The zero-order valence-electron chi connectivity index (χ0n) is 21.8. The van der Waals surface area contributed by atoms with Gasteiger partial charge in [-0.15, -0.1) is 10.2 Å². The molecular weight excluding hydrogens is 466 g/mol. The molecule has 1 aliphatic heterocycles. The quantitative estimate of drug-likeness (QED) is 0.466. The van der Waals surface area contributed by atoms with Gasteiger partial charge in [0.05, 0.1) is 12.8 Å². The third kappa shape index (κ3) is 6.84. The lowest BCUT2D eigenvalue weighted by Crippen LogP contribution is -2.45. The molecule has 3 aromatic rings. The van der Waals surface area contributed by atoms with Gasteiger partial charge >= 0.3 is 0 Å². The van der Waals surface area contributed by atoms with Crippen LogP contribution >= 0.6 is 0 Å². The van der Waals surface area contributed by atoms with E-state index in [1.54, 1.807) is 12.0 Å². The van der Waals surface area contributed by atoms with Crippen LogP contribution in [0.25, 0.3) is 11.3 Å². The highest BCUT2D eigenvalue weighted by molar-refractivity contribution is 5.85. The minimum Gasteiger partial charge on any atom is -0.497 e. The van der Waals surface area contributed by atoms with Crippen molar-refractivity contribution >= 4 is 17.6 Å². The highest BCUT2D eigenvalue weighted by Gasteiger charge is 2.25. The average molecular weight is 502 g/mol. The van der Waals surface area contributed by atoms with Crippen LogP contribution in [-0.2, 0) is 16.1 Å². The second-order valence-electron chi connectivity index (χ2n) is 9.56. The number of carbonyl (C=O) groups is 2. The van der Waals surface area contributed by atoms with Crippen molar-refractivity contribution in [2.75, 3.05) is 44.7 Å². The molecule has 1 aromatic heterocycles. The molecule has 0 radical (unpaired) electrons. The molecule has 1 aliphatic rings. The minimum absolute atomic E-state index is 0.0138. The minimum atomic E-state index is -0.172. The molecule has 0 N–H and O–H groups in total. The molecule has 0 aliphatic carbocycles. The average Bonchev–Trinajstić information content (AvgIpc) is 3.19. The lowest BCUT2D eigenvalue weighted by atomic mass is 10.1. The van der Waals surface area contributed by atoms with E-state index in [1.165, 1.54) is 0 Å². The maximum atomic E-state index is 13.3. The molecule has 0 unspecified atom stereocenters. The van der Waals surface area contributed by atoms with Crippen LogP contribution in [0.1, 0.15) is 25.8 Å². The van der Waals surface area contributed by atoms with Crippen molar-refractivity contribution in [3.05, 3.63) is 72.3 Å². The fraction of sp³-hybridized carbons (Fsp3) is 0.379. The topological polar surface area (TPSA) is 78.9 Å². The fourth-order valence-electron chi connectivity index (χ4n) is 4.47. The normalized spacial score (nSPS) is 13.8. The van der Waals surface area contributed by atoms with E-state index in [0.717, 1.165) is 41.4 Å². The smallest absolute Gasteiger partial charge is 0.242 e.